The number of benzene rings is 18. The Morgan fingerprint density at radius 2 is 0.384 bits per heavy atom. The number of aryl methyl sites for hydroxylation is 6. The van der Waals surface area contributed by atoms with E-state index in [1.165, 1.54) is 232 Å². The molecule has 0 N–H and O–H groups in total. The Bertz CT molecular complexity index is 8540. The Balaban J connectivity index is 0.000000106. The maximum atomic E-state index is 2.39. The summed E-state index contributed by atoms with van der Waals surface area (Å²) in [6, 6.07) is 146. The van der Waals surface area contributed by atoms with Crippen molar-refractivity contribution in [3.8, 4) is 34.1 Å². The first kappa shape index (κ1) is 91.9. The van der Waals surface area contributed by atoms with Crippen molar-refractivity contribution in [3.05, 3.63) is 467 Å². The van der Waals surface area contributed by atoms with Gasteiger partial charge in [0, 0.05) is 98.8 Å². The van der Waals surface area contributed by atoms with Crippen LogP contribution >= 0.6 is 0 Å². The van der Waals surface area contributed by atoms with E-state index in [2.05, 4.69) is 552 Å². The van der Waals surface area contributed by atoms with Gasteiger partial charge in [0.1, 0.15) is 0 Å². The first-order valence-corrected chi connectivity index (χ1v) is 49.5. The zero-order valence-electron chi connectivity index (χ0n) is 83.3. The molecule has 0 spiro atoms. The molecule has 6 heteroatoms. The Hall–Kier alpha value is -15.2. The van der Waals surface area contributed by atoms with Crippen LogP contribution in [0.25, 0.3) is 165 Å². The molecular weight excluding hydrogens is 1670 g/mol. The van der Waals surface area contributed by atoms with E-state index in [0.717, 1.165) is 0 Å². The molecule has 0 saturated heterocycles. The van der Waals surface area contributed by atoms with Gasteiger partial charge in [0.15, 0.2) is 0 Å². The van der Waals surface area contributed by atoms with Gasteiger partial charge in [0.05, 0.1) is 66.2 Å². The Kier molecular flexibility index (Phi) is 26.1. The van der Waals surface area contributed by atoms with E-state index in [1.54, 1.807) is 0 Å². The zero-order valence-corrected chi connectivity index (χ0v) is 83.3. The van der Waals surface area contributed by atoms with Crippen molar-refractivity contribution in [2.45, 2.75) is 160 Å². The second kappa shape index (κ2) is 39.2. The summed E-state index contributed by atoms with van der Waals surface area (Å²) in [7, 11) is 0. The lowest BCUT2D eigenvalue weighted by Crippen LogP contribution is -1.96. The molecule has 138 heavy (non-hydrogen) atoms. The van der Waals surface area contributed by atoms with Gasteiger partial charge in [-0.25, -0.2) is 0 Å². The summed E-state index contributed by atoms with van der Waals surface area (Å²) in [5.41, 5.74) is 38.9. The molecule has 684 valence electrons. The summed E-state index contributed by atoms with van der Waals surface area (Å²) in [4.78, 5) is 0. The van der Waals surface area contributed by atoms with Gasteiger partial charge >= 0.3 is 0 Å². The third kappa shape index (κ3) is 17.9. The number of aromatic nitrogens is 6. The molecule has 0 amide bonds. The average Bonchev–Trinajstić information content (AvgIpc) is 1.60. The maximum Gasteiger partial charge on any atom is 0.0544 e. The highest BCUT2D eigenvalue weighted by Gasteiger charge is 2.22. The van der Waals surface area contributed by atoms with Crippen LogP contribution in [0.4, 0.5) is 0 Å². The molecule has 0 aliphatic carbocycles. The quantitative estimate of drug-likeness (QED) is 0.117. The van der Waals surface area contributed by atoms with E-state index in [4.69, 9.17) is 0 Å². The molecule has 24 rings (SSSR count). The van der Waals surface area contributed by atoms with E-state index < -0.39 is 0 Å². The highest BCUT2D eigenvalue weighted by atomic mass is 15.0. The molecule has 0 atom stereocenters. The van der Waals surface area contributed by atoms with Gasteiger partial charge in [0.25, 0.3) is 0 Å². The topological polar surface area (TPSA) is 29.6 Å². The molecule has 0 radical (unpaired) electrons. The largest absolute Gasteiger partial charge is 0.309 e. The van der Waals surface area contributed by atoms with Crippen LogP contribution in [-0.4, -0.2) is 27.4 Å². The molecule has 0 saturated carbocycles. The molecule has 6 nitrogen and oxygen atoms in total. The van der Waals surface area contributed by atoms with Crippen molar-refractivity contribution >= 4 is 131 Å². The predicted molar refractivity (Wildman–Crippen MR) is 598 cm³/mol. The number of hydrogen-bond acceptors (Lipinski definition) is 0. The molecule has 0 fully saturated rings. The van der Waals surface area contributed by atoms with Crippen molar-refractivity contribution in [1.82, 2.24) is 27.4 Å². The molecular formula is C132H126N6. The van der Waals surface area contributed by atoms with Gasteiger partial charge in [0.2, 0.25) is 0 Å². The van der Waals surface area contributed by atoms with Gasteiger partial charge in [-0.15, -0.1) is 0 Å². The van der Waals surface area contributed by atoms with Crippen LogP contribution in [0.1, 0.15) is 185 Å². The van der Waals surface area contributed by atoms with E-state index in [-0.39, 0.29) is 0 Å². The SMILES string of the molecule is Cc1ccc2c(c1)c1ccccc1n2-c1ccc(C(C)C)cc1.Cc1ccc2c(c1)c1ccccc1n2-c1cccc(C(C)C)c1.Cc1ccc2c3ccccc3n(-c3ccc(C(C)C)cc3)c2c1.Cc1ccc2c3ccccc3n(-c3cccc(C(C)C)c3)c2c1.Cc1cccc2c1c1cc(C(C)C)ccc1n2-c1ccccc1.Cc1cccc2c1c1ccc(C(C)C)cc1n2-c1ccccc1. The lowest BCUT2D eigenvalue weighted by molar-refractivity contribution is 0.864. The molecule has 18 aromatic carbocycles. The number of fused-ring (bicyclic) bond motifs is 18. The number of hydrogen-bond donors (Lipinski definition) is 0. The van der Waals surface area contributed by atoms with Crippen molar-refractivity contribution in [2.24, 2.45) is 0 Å². The van der Waals surface area contributed by atoms with Crippen LogP contribution in [0, 0.1) is 41.5 Å². The van der Waals surface area contributed by atoms with E-state index >= 15 is 0 Å². The lowest BCUT2D eigenvalue weighted by Gasteiger charge is -2.12. The molecule has 24 aromatic rings. The summed E-state index contributed by atoms with van der Waals surface area (Å²) >= 11 is 0. The monoisotopic (exact) mass is 1800 g/mol. The summed E-state index contributed by atoms with van der Waals surface area (Å²) in [5, 5.41) is 16.0. The zero-order chi connectivity index (χ0) is 95.8. The molecule has 6 heterocycles. The normalized spacial score (nSPS) is 11.7. The maximum absolute atomic E-state index is 2.39. The molecule has 0 bridgehead atoms. The number of nitrogens with zero attached hydrogens (tertiary/aromatic N) is 6. The Morgan fingerprint density at radius 3 is 0.804 bits per heavy atom. The van der Waals surface area contributed by atoms with Crippen molar-refractivity contribution in [3.63, 3.8) is 0 Å². The summed E-state index contributed by atoms with van der Waals surface area (Å²) in [5.74, 6) is 3.26. The van der Waals surface area contributed by atoms with Gasteiger partial charge < -0.3 is 27.4 Å². The van der Waals surface area contributed by atoms with E-state index in [1.807, 2.05) is 0 Å². The molecule has 0 aliphatic rings. The van der Waals surface area contributed by atoms with Gasteiger partial charge in [-0.1, -0.05) is 331 Å². The minimum Gasteiger partial charge on any atom is -0.309 e. The fraction of sp³-hybridized carbons (Fsp3) is 0.182. The fourth-order valence-corrected chi connectivity index (χ4v) is 20.5. The van der Waals surface area contributed by atoms with Gasteiger partial charge in [-0.3, -0.25) is 0 Å². The Labute approximate surface area is 814 Å². The molecule has 0 aliphatic heterocycles. The molecule has 6 aromatic heterocycles. The van der Waals surface area contributed by atoms with Gasteiger partial charge in [-0.2, -0.15) is 0 Å². The number of para-hydroxylation sites is 6. The van der Waals surface area contributed by atoms with Gasteiger partial charge in [-0.05, 0) is 296 Å². The standard InChI is InChI=1S/6C22H21N/c1-15(2)17-7-6-8-18(14-17)23-21-10-5-4-9-19(21)20-13-16(3)11-12-22(20)23;1-15(2)17-7-6-8-18(14-17)23-21-10-5-4-9-19(21)20-12-11-16(3)13-22(20)23;1-15(2)17-12-13-20-19(14-17)22-16(3)8-7-11-21(22)23(20)18-9-5-4-6-10-18;1-15(2)17-12-13-19-21(14-17)23(18-9-5-4-6-10-18)20-11-7-8-16(3)22(19)20;1-15(2)17-9-11-18(12-10-17)23-21-7-5-4-6-19(21)20-14-16(3)8-13-22(20)23;1-15(2)17-9-11-18(12-10-17)23-21-7-5-4-6-19(21)20-13-8-16(3)14-22(20)23/h6*4-15H,1-3H3. The average molecular weight is 1800 g/mol. The van der Waals surface area contributed by atoms with Crippen molar-refractivity contribution in [2.75, 3.05) is 0 Å². The summed E-state index contributed by atoms with van der Waals surface area (Å²) in [6.07, 6.45) is 0. The summed E-state index contributed by atoms with van der Waals surface area (Å²) in [6.45, 7) is 40.0. The highest BCUT2D eigenvalue weighted by molar-refractivity contribution is 6.15. The fourth-order valence-electron chi connectivity index (χ4n) is 20.5. The lowest BCUT2D eigenvalue weighted by atomic mass is 9.99. The first-order chi connectivity index (χ1) is 66.9. The van der Waals surface area contributed by atoms with Crippen LogP contribution in [0.15, 0.2) is 400 Å². The summed E-state index contributed by atoms with van der Waals surface area (Å²) < 4.78 is 14.3. The van der Waals surface area contributed by atoms with Crippen molar-refractivity contribution < 1.29 is 0 Å². The third-order valence-corrected chi connectivity index (χ3v) is 27.9. The van der Waals surface area contributed by atoms with E-state index in [9.17, 15) is 0 Å². The van der Waals surface area contributed by atoms with Crippen LogP contribution in [-0.2, 0) is 0 Å². The third-order valence-electron chi connectivity index (χ3n) is 27.9. The second-order valence-corrected chi connectivity index (χ2v) is 39.6. The minimum absolute atomic E-state index is 0.530. The highest BCUT2D eigenvalue weighted by Crippen LogP contribution is 2.43. The van der Waals surface area contributed by atoms with Crippen LogP contribution in [0.5, 0.6) is 0 Å². The molecule has 0 unspecified atom stereocenters. The Morgan fingerprint density at radius 1 is 0.138 bits per heavy atom. The van der Waals surface area contributed by atoms with Crippen molar-refractivity contribution in [1.29, 1.82) is 0 Å². The second-order valence-electron chi connectivity index (χ2n) is 39.6. The minimum atomic E-state index is 0.530. The smallest absolute Gasteiger partial charge is 0.0544 e. The van der Waals surface area contributed by atoms with E-state index in [0.29, 0.717) is 35.5 Å². The first-order valence-electron chi connectivity index (χ1n) is 49.5. The number of rotatable bonds is 12. The van der Waals surface area contributed by atoms with Crippen LogP contribution in [0.2, 0.25) is 0 Å². The van der Waals surface area contributed by atoms with Crippen LogP contribution < -0.4 is 0 Å². The van der Waals surface area contributed by atoms with Crippen LogP contribution in [0.3, 0.4) is 0 Å². The predicted octanol–water partition coefficient (Wildman–Crippen LogP) is 37.3.